The van der Waals surface area contributed by atoms with Crippen LogP contribution >= 0.6 is 11.6 Å². The maximum atomic E-state index is 13.8. The van der Waals surface area contributed by atoms with Crippen LogP contribution in [0.5, 0.6) is 0 Å². The number of amides is 1. The van der Waals surface area contributed by atoms with Crippen LogP contribution in [0.4, 0.5) is 5.69 Å². The number of carbonyl (C=O) groups is 1. The number of aryl methyl sites for hydroxylation is 1. The van der Waals surface area contributed by atoms with Gasteiger partial charge in [0.1, 0.15) is 0 Å². The lowest BCUT2D eigenvalue weighted by Gasteiger charge is -2.24. The van der Waals surface area contributed by atoms with E-state index in [1.807, 2.05) is 58.0 Å². The van der Waals surface area contributed by atoms with Gasteiger partial charge in [0.05, 0.1) is 33.8 Å². The van der Waals surface area contributed by atoms with Gasteiger partial charge in [-0.1, -0.05) is 11.6 Å². The van der Waals surface area contributed by atoms with Crippen molar-refractivity contribution in [1.82, 2.24) is 25.2 Å². The molecular weight excluding hydrogens is 498 g/mol. The van der Waals surface area contributed by atoms with Gasteiger partial charge >= 0.3 is 0 Å². The molecule has 1 amide bonds. The molecule has 8 nitrogen and oxygen atoms in total. The molecule has 0 spiro atoms. The first-order chi connectivity index (χ1) is 18.1. The van der Waals surface area contributed by atoms with Gasteiger partial charge < -0.3 is 15.1 Å². The summed E-state index contributed by atoms with van der Waals surface area (Å²) in [6.07, 6.45) is 0. The minimum absolute atomic E-state index is 0.122. The number of nitrogens with zero attached hydrogens (tertiary/aromatic N) is 6. The summed E-state index contributed by atoms with van der Waals surface area (Å²) in [7, 11) is 5.79. The third kappa shape index (κ3) is 6.49. The molecule has 9 heteroatoms. The molecule has 3 rings (SSSR count). The van der Waals surface area contributed by atoms with Crippen molar-refractivity contribution in [2.24, 2.45) is 5.10 Å². The third-order valence-corrected chi connectivity index (χ3v) is 6.96. The van der Waals surface area contributed by atoms with Gasteiger partial charge in [0, 0.05) is 63.1 Å². The summed E-state index contributed by atoms with van der Waals surface area (Å²) in [6.45, 7) is 14.5. The van der Waals surface area contributed by atoms with Gasteiger partial charge in [-0.2, -0.15) is 5.10 Å². The number of hydrogen-bond acceptors (Lipinski definition) is 7. The zero-order valence-electron chi connectivity index (χ0n) is 23.5. The monoisotopic (exact) mass is 535 g/mol. The Morgan fingerprint density at radius 2 is 1.84 bits per heavy atom. The Kier molecular flexibility index (Phi) is 9.83. The van der Waals surface area contributed by atoms with Crippen LogP contribution in [0.25, 0.3) is 22.3 Å². The summed E-state index contributed by atoms with van der Waals surface area (Å²) in [5.74, 6) is -0.122. The Morgan fingerprint density at radius 3 is 2.47 bits per heavy atom. The highest BCUT2D eigenvalue weighted by atomic mass is 35.5. The van der Waals surface area contributed by atoms with Crippen LogP contribution in [0.1, 0.15) is 36.8 Å². The summed E-state index contributed by atoms with van der Waals surface area (Å²) in [5.41, 5.74) is 6.54. The summed E-state index contributed by atoms with van der Waals surface area (Å²) in [6, 6.07) is 11.3. The van der Waals surface area contributed by atoms with E-state index in [0.29, 0.717) is 46.0 Å². The number of nitrogens with one attached hydrogen (secondary N) is 1. The molecule has 0 saturated carbocycles. The summed E-state index contributed by atoms with van der Waals surface area (Å²) < 4.78 is 0. The van der Waals surface area contributed by atoms with Crippen LogP contribution in [0.3, 0.4) is 0 Å². The van der Waals surface area contributed by atoms with E-state index in [-0.39, 0.29) is 5.91 Å². The second-order valence-corrected chi connectivity index (χ2v) is 9.86. The average Bonchev–Trinajstić information content (AvgIpc) is 2.91. The highest BCUT2D eigenvalue weighted by Crippen LogP contribution is 2.29. The number of benzene rings is 1. The van der Waals surface area contributed by atoms with E-state index in [1.165, 1.54) is 0 Å². The van der Waals surface area contributed by atoms with E-state index in [1.54, 1.807) is 24.1 Å². The lowest BCUT2D eigenvalue weighted by Crippen LogP contribution is -2.30. The van der Waals surface area contributed by atoms with Crippen molar-refractivity contribution in [1.29, 1.82) is 0 Å². The van der Waals surface area contributed by atoms with Crippen LogP contribution in [0, 0.1) is 6.92 Å². The first kappa shape index (κ1) is 29.1. The zero-order chi connectivity index (χ0) is 28.0. The van der Waals surface area contributed by atoms with E-state index in [0.717, 1.165) is 35.7 Å². The molecule has 1 aromatic carbocycles. The van der Waals surface area contributed by atoms with Crippen molar-refractivity contribution in [3.05, 3.63) is 63.9 Å². The summed E-state index contributed by atoms with van der Waals surface area (Å²) in [5, 5.41) is 10.3. The number of rotatable bonds is 11. The predicted octanol–water partition coefficient (Wildman–Crippen LogP) is 5.22. The zero-order valence-corrected chi connectivity index (χ0v) is 24.2. The number of pyridine rings is 2. The first-order valence-electron chi connectivity index (χ1n) is 12.7. The molecule has 38 heavy (non-hydrogen) atoms. The molecule has 0 aliphatic heterocycles. The number of likely N-dealkylation sites (N-methyl/N-ethyl adjacent to an activating group) is 3. The molecule has 0 bridgehead atoms. The minimum atomic E-state index is -0.122. The van der Waals surface area contributed by atoms with Crippen LogP contribution in [0.15, 0.2) is 52.8 Å². The fourth-order valence-electron chi connectivity index (χ4n) is 4.42. The quantitative estimate of drug-likeness (QED) is 0.268. The van der Waals surface area contributed by atoms with Crippen LogP contribution in [0.2, 0.25) is 5.02 Å². The van der Waals surface area contributed by atoms with Crippen LogP contribution < -0.4 is 10.2 Å². The Hall–Kier alpha value is -3.49. The third-order valence-electron chi connectivity index (χ3n) is 6.73. The molecule has 2 heterocycles. The van der Waals surface area contributed by atoms with Crippen molar-refractivity contribution in [2.45, 2.75) is 27.7 Å². The van der Waals surface area contributed by atoms with Gasteiger partial charge in [0.25, 0.3) is 5.91 Å². The Morgan fingerprint density at radius 1 is 1.11 bits per heavy atom. The fourth-order valence-corrected chi connectivity index (χ4v) is 4.59. The van der Waals surface area contributed by atoms with E-state index in [9.17, 15) is 4.79 Å². The molecule has 2 aromatic heterocycles. The second kappa shape index (κ2) is 12.8. The van der Waals surface area contributed by atoms with Gasteiger partial charge in [0.2, 0.25) is 0 Å². The Bertz CT molecular complexity index is 1350. The van der Waals surface area contributed by atoms with Gasteiger partial charge in [0.15, 0.2) is 0 Å². The number of halogens is 1. The maximum Gasteiger partial charge on any atom is 0.254 e. The number of fused-ring (bicyclic) bond motifs is 1. The van der Waals surface area contributed by atoms with Gasteiger partial charge in [-0.3, -0.25) is 9.80 Å². The fraction of sp³-hybridized carbons (Fsp3) is 0.379. The maximum absolute atomic E-state index is 13.8. The number of carbonyl (C=O) groups excluding carboxylic acids is 1. The molecule has 1 N–H and O–H groups in total. The van der Waals surface area contributed by atoms with Crippen molar-refractivity contribution >= 4 is 40.8 Å². The van der Waals surface area contributed by atoms with E-state index in [2.05, 4.69) is 35.1 Å². The molecular formula is C29H38ClN7O. The highest BCUT2D eigenvalue weighted by Gasteiger charge is 2.20. The van der Waals surface area contributed by atoms with Crippen molar-refractivity contribution in [3.63, 3.8) is 0 Å². The molecule has 0 aliphatic rings. The molecule has 202 valence electrons. The second-order valence-electron chi connectivity index (χ2n) is 9.43. The SMILES string of the molecule is C=NN(CC)/C(C)=C(\C)CN(C)C(=O)c1cc(-c2ccc(N(C)CCNC)c(C)n2)nc2ccc(Cl)cc12. The molecule has 0 atom stereocenters. The topological polar surface area (TPSA) is 77.0 Å². The molecule has 0 aliphatic carbocycles. The Labute approximate surface area is 231 Å². The number of aromatic nitrogens is 2. The average molecular weight is 536 g/mol. The van der Waals surface area contributed by atoms with E-state index >= 15 is 0 Å². The van der Waals surface area contributed by atoms with Crippen LogP contribution in [-0.2, 0) is 0 Å². The molecule has 0 fully saturated rings. The Balaban J connectivity index is 2.03. The standard InChI is InChI=1S/C29H38ClN7O/c1-9-37(32-6)21(4)19(2)18-36(8)29(38)24-17-27(34-25-11-10-22(30)16-23(24)25)26-12-13-28(20(3)33-26)35(7)15-14-31-5/h10-13,16-17,31H,6,9,14-15,18H2,1-5,7-8H3/b21-19+. The minimum Gasteiger partial charge on any atom is -0.372 e. The van der Waals surface area contributed by atoms with E-state index < -0.39 is 0 Å². The first-order valence-corrected chi connectivity index (χ1v) is 13.1. The van der Waals surface area contributed by atoms with Crippen molar-refractivity contribution in [2.75, 3.05) is 52.2 Å². The number of allylic oxidation sites excluding steroid dienone is 1. The van der Waals surface area contributed by atoms with Gasteiger partial charge in [-0.05, 0) is 76.7 Å². The highest BCUT2D eigenvalue weighted by molar-refractivity contribution is 6.31. The smallest absolute Gasteiger partial charge is 0.254 e. The van der Waals surface area contributed by atoms with Gasteiger partial charge in [-0.15, -0.1) is 0 Å². The summed E-state index contributed by atoms with van der Waals surface area (Å²) in [4.78, 5) is 27.3. The summed E-state index contributed by atoms with van der Waals surface area (Å²) >= 11 is 6.32. The normalized spacial score (nSPS) is 11.8. The lowest BCUT2D eigenvalue weighted by molar-refractivity contribution is 0.0808. The van der Waals surface area contributed by atoms with Gasteiger partial charge in [-0.25, -0.2) is 9.97 Å². The van der Waals surface area contributed by atoms with Crippen molar-refractivity contribution in [3.8, 4) is 11.4 Å². The lowest BCUT2D eigenvalue weighted by atomic mass is 10.0. The molecule has 0 radical (unpaired) electrons. The predicted molar refractivity (Wildman–Crippen MR) is 159 cm³/mol. The van der Waals surface area contributed by atoms with Crippen LogP contribution in [-0.4, -0.2) is 79.8 Å². The molecule has 3 aromatic rings. The van der Waals surface area contributed by atoms with E-state index in [4.69, 9.17) is 21.6 Å². The molecule has 0 unspecified atom stereocenters. The number of anilines is 1. The largest absolute Gasteiger partial charge is 0.372 e. The van der Waals surface area contributed by atoms with Crippen molar-refractivity contribution < 1.29 is 4.79 Å². The number of hydrogen-bond donors (Lipinski definition) is 1. The number of hydrazone groups is 1. The molecule has 0 saturated heterocycles.